The van der Waals surface area contributed by atoms with Crippen molar-refractivity contribution in [3.8, 4) is 38.8 Å². The van der Waals surface area contributed by atoms with Crippen LogP contribution in [0.1, 0.15) is 10.4 Å². The number of sulfone groups is 1. The standard InChI is InChI=1S/C27H17NO6S2/c29-24-18(21-11-14-5-1-3-7-20(14)35-21)13-19(25(30)26(24)31)27(32)28-15-9-10-17-16-6-2-4-8-22(16)36(33,34)23(17)12-15/h1-13,29-31H,(H,28,32). The molecule has 7 nitrogen and oxygen atoms in total. The summed E-state index contributed by atoms with van der Waals surface area (Å²) in [6.45, 7) is 0. The summed E-state index contributed by atoms with van der Waals surface area (Å²) in [7, 11) is -3.74. The number of thiophene rings is 1. The maximum Gasteiger partial charge on any atom is 0.259 e. The van der Waals surface area contributed by atoms with Crippen molar-refractivity contribution in [2.75, 3.05) is 5.32 Å². The largest absolute Gasteiger partial charge is 0.504 e. The van der Waals surface area contributed by atoms with Gasteiger partial charge >= 0.3 is 0 Å². The minimum Gasteiger partial charge on any atom is -0.504 e. The molecule has 1 aliphatic rings. The number of hydrogen-bond donors (Lipinski definition) is 4. The number of phenolic OH excluding ortho intramolecular Hbond substituents is 3. The van der Waals surface area contributed by atoms with Crippen LogP contribution in [0.5, 0.6) is 17.2 Å². The number of fused-ring (bicyclic) bond motifs is 4. The Morgan fingerprint density at radius 1 is 0.722 bits per heavy atom. The van der Waals surface area contributed by atoms with E-state index in [1.54, 1.807) is 30.3 Å². The van der Waals surface area contributed by atoms with Gasteiger partial charge in [-0.05, 0) is 41.8 Å². The predicted octanol–water partition coefficient (Wildman–Crippen LogP) is 5.75. The summed E-state index contributed by atoms with van der Waals surface area (Å²) in [5.74, 6) is -2.92. The van der Waals surface area contributed by atoms with E-state index in [0.717, 1.165) is 10.1 Å². The molecule has 9 heteroatoms. The highest BCUT2D eigenvalue weighted by Crippen LogP contribution is 2.48. The van der Waals surface area contributed by atoms with Gasteiger partial charge in [0.2, 0.25) is 15.6 Å². The molecule has 0 atom stereocenters. The van der Waals surface area contributed by atoms with E-state index in [-0.39, 0.29) is 26.6 Å². The van der Waals surface area contributed by atoms with E-state index >= 15 is 0 Å². The first kappa shape index (κ1) is 22.1. The van der Waals surface area contributed by atoms with Crippen LogP contribution in [-0.4, -0.2) is 29.6 Å². The van der Waals surface area contributed by atoms with Crippen LogP contribution in [0.2, 0.25) is 0 Å². The molecular weight excluding hydrogens is 498 g/mol. The first-order valence-corrected chi connectivity index (χ1v) is 13.1. The van der Waals surface area contributed by atoms with Crippen molar-refractivity contribution in [2.45, 2.75) is 9.79 Å². The Bertz CT molecular complexity index is 1810. The van der Waals surface area contributed by atoms with Gasteiger partial charge in [0.25, 0.3) is 5.91 Å². The van der Waals surface area contributed by atoms with E-state index in [2.05, 4.69) is 5.32 Å². The second-order valence-corrected chi connectivity index (χ2v) is 11.3. The zero-order valence-corrected chi connectivity index (χ0v) is 20.0. The van der Waals surface area contributed by atoms with Crippen molar-refractivity contribution in [3.63, 3.8) is 0 Å². The number of hydrogen-bond acceptors (Lipinski definition) is 7. The Kier molecular flexibility index (Phi) is 4.82. The van der Waals surface area contributed by atoms with Crippen molar-refractivity contribution < 1.29 is 28.5 Å². The van der Waals surface area contributed by atoms with Gasteiger partial charge in [-0.1, -0.05) is 42.5 Å². The van der Waals surface area contributed by atoms with Crippen molar-refractivity contribution in [2.24, 2.45) is 0 Å². The van der Waals surface area contributed by atoms with Crippen LogP contribution >= 0.6 is 11.3 Å². The molecule has 0 aliphatic carbocycles. The number of carbonyl (C=O) groups excluding carboxylic acids is 1. The fraction of sp³-hybridized carbons (Fsp3) is 0. The van der Waals surface area contributed by atoms with Crippen LogP contribution in [0.4, 0.5) is 5.69 Å². The van der Waals surface area contributed by atoms with E-state index in [4.69, 9.17) is 0 Å². The molecule has 1 aliphatic heterocycles. The summed E-state index contributed by atoms with van der Waals surface area (Å²) < 4.78 is 26.9. The number of amides is 1. The summed E-state index contributed by atoms with van der Waals surface area (Å²) in [5.41, 5.74) is 1.25. The Morgan fingerprint density at radius 2 is 1.44 bits per heavy atom. The average molecular weight is 516 g/mol. The second kappa shape index (κ2) is 7.84. The van der Waals surface area contributed by atoms with Gasteiger partial charge in [0.15, 0.2) is 11.5 Å². The number of nitrogens with one attached hydrogen (secondary N) is 1. The van der Waals surface area contributed by atoms with Gasteiger partial charge in [0.05, 0.1) is 15.4 Å². The highest BCUT2D eigenvalue weighted by atomic mass is 32.2. The summed E-state index contributed by atoms with van der Waals surface area (Å²) in [6.07, 6.45) is 0. The molecule has 0 fully saturated rings. The fourth-order valence-corrected chi connectivity index (χ4v) is 7.20. The zero-order valence-electron chi connectivity index (χ0n) is 18.4. The fourth-order valence-electron chi connectivity index (χ4n) is 4.41. The monoisotopic (exact) mass is 515 g/mol. The molecule has 0 unspecified atom stereocenters. The highest BCUT2D eigenvalue weighted by Gasteiger charge is 2.33. The van der Waals surface area contributed by atoms with Gasteiger partial charge in [-0.2, -0.15) is 0 Å². The quantitative estimate of drug-likeness (QED) is 0.223. The SMILES string of the molecule is O=C(Nc1ccc2c(c1)S(=O)(=O)c1ccccc1-2)c1cc(-c2cc3ccccc3s2)c(O)c(O)c1O. The third-order valence-corrected chi connectivity index (χ3v) is 9.18. The molecule has 0 bridgehead atoms. The lowest BCUT2D eigenvalue weighted by molar-refractivity contribution is 0.102. The molecule has 6 rings (SSSR count). The van der Waals surface area contributed by atoms with Gasteiger partial charge in [0, 0.05) is 32.0 Å². The minimum absolute atomic E-state index is 0.0743. The Labute approximate surface area is 209 Å². The molecule has 5 aromatic rings. The van der Waals surface area contributed by atoms with Crippen LogP contribution in [-0.2, 0) is 9.84 Å². The number of rotatable bonds is 3. The molecule has 36 heavy (non-hydrogen) atoms. The Hall–Kier alpha value is -4.34. The van der Waals surface area contributed by atoms with Crippen LogP contribution in [0.3, 0.4) is 0 Å². The predicted molar refractivity (Wildman–Crippen MR) is 138 cm³/mol. The molecule has 4 N–H and O–H groups in total. The summed E-state index contributed by atoms with van der Waals surface area (Å²) in [4.78, 5) is 14.0. The number of phenols is 3. The Balaban J connectivity index is 1.39. The molecular formula is C27H17NO6S2. The first-order chi connectivity index (χ1) is 17.3. The first-order valence-electron chi connectivity index (χ1n) is 10.8. The maximum atomic E-state index is 13.1. The third kappa shape index (κ3) is 3.24. The molecule has 2 heterocycles. The maximum absolute atomic E-state index is 13.1. The molecule has 0 saturated heterocycles. The van der Waals surface area contributed by atoms with Crippen molar-refractivity contribution in [3.05, 3.63) is 84.4 Å². The number of carbonyl (C=O) groups is 1. The van der Waals surface area contributed by atoms with Gasteiger partial charge in [-0.3, -0.25) is 4.79 Å². The van der Waals surface area contributed by atoms with Crippen LogP contribution in [0.25, 0.3) is 31.7 Å². The topological polar surface area (TPSA) is 124 Å². The molecule has 0 radical (unpaired) electrons. The van der Waals surface area contributed by atoms with E-state index in [1.807, 2.05) is 30.3 Å². The highest BCUT2D eigenvalue weighted by molar-refractivity contribution is 7.92. The van der Waals surface area contributed by atoms with Crippen molar-refractivity contribution >= 4 is 42.9 Å². The number of aromatic hydroxyl groups is 3. The lowest BCUT2D eigenvalue weighted by Crippen LogP contribution is -2.13. The van der Waals surface area contributed by atoms with Gasteiger partial charge < -0.3 is 20.6 Å². The third-order valence-electron chi connectivity index (χ3n) is 6.18. The van der Waals surface area contributed by atoms with E-state index in [1.165, 1.54) is 29.5 Å². The molecule has 0 spiro atoms. The average Bonchev–Trinajstić information content (AvgIpc) is 3.40. The van der Waals surface area contributed by atoms with Crippen LogP contribution < -0.4 is 5.32 Å². The zero-order chi connectivity index (χ0) is 25.2. The molecule has 4 aromatic carbocycles. The molecule has 1 aromatic heterocycles. The molecule has 178 valence electrons. The summed E-state index contributed by atoms with van der Waals surface area (Å²) in [5, 5.41) is 34.8. The number of anilines is 1. The van der Waals surface area contributed by atoms with Crippen molar-refractivity contribution in [1.82, 2.24) is 0 Å². The molecule has 1 amide bonds. The van der Waals surface area contributed by atoms with E-state index in [9.17, 15) is 28.5 Å². The van der Waals surface area contributed by atoms with Crippen molar-refractivity contribution in [1.29, 1.82) is 0 Å². The second-order valence-electron chi connectivity index (χ2n) is 8.33. The van der Waals surface area contributed by atoms with Crippen LogP contribution in [0.15, 0.2) is 88.7 Å². The van der Waals surface area contributed by atoms with Gasteiger partial charge in [-0.25, -0.2) is 8.42 Å². The van der Waals surface area contributed by atoms with E-state index in [0.29, 0.717) is 16.0 Å². The van der Waals surface area contributed by atoms with Crippen LogP contribution in [0, 0.1) is 0 Å². The lowest BCUT2D eigenvalue weighted by Gasteiger charge is -2.12. The van der Waals surface area contributed by atoms with E-state index < -0.39 is 33.0 Å². The summed E-state index contributed by atoms with van der Waals surface area (Å²) >= 11 is 1.36. The smallest absolute Gasteiger partial charge is 0.259 e. The summed E-state index contributed by atoms with van der Waals surface area (Å²) in [6, 6.07) is 21.9. The molecule has 0 saturated carbocycles. The normalized spacial score (nSPS) is 13.3. The Morgan fingerprint density at radius 3 is 2.25 bits per heavy atom. The number of benzene rings is 4. The van der Waals surface area contributed by atoms with Gasteiger partial charge in [0.1, 0.15) is 0 Å². The minimum atomic E-state index is -3.74. The lowest BCUT2D eigenvalue weighted by atomic mass is 10.0. The van der Waals surface area contributed by atoms with Gasteiger partial charge in [-0.15, -0.1) is 11.3 Å².